The van der Waals surface area contributed by atoms with Crippen LogP contribution in [-0.4, -0.2) is 36.8 Å². The first kappa shape index (κ1) is 15.2. The fourth-order valence-corrected chi connectivity index (χ4v) is 1.84. The zero-order chi connectivity index (χ0) is 14.4. The lowest BCUT2D eigenvalue weighted by molar-refractivity contribution is -0.119. The summed E-state index contributed by atoms with van der Waals surface area (Å²) in [6.07, 6.45) is 0.788. The highest BCUT2D eigenvalue weighted by molar-refractivity contribution is 5.76. The van der Waals surface area contributed by atoms with Crippen LogP contribution >= 0.6 is 0 Å². The lowest BCUT2D eigenvalue weighted by atomic mass is 10.1. The Morgan fingerprint density at radius 1 is 1.47 bits per heavy atom. The summed E-state index contributed by atoms with van der Waals surface area (Å²) in [7, 11) is 1.58. The number of benzene rings is 1. The predicted octanol–water partition coefficient (Wildman–Crippen LogP) is 1.20. The number of primary amides is 1. The smallest absolute Gasteiger partial charge is 0.231 e. The van der Waals surface area contributed by atoms with E-state index in [0.29, 0.717) is 17.9 Å². The summed E-state index contributed by atoms with van der Waals surface area (Å²) in [5.41, 5.74) is 6.69. The van der Waals surface area contributed by atoms with Gasteiger partial charge in [0.05, 0.1) is 13.7 Å². The van der Waals surface area contributed by atoms with Crippen molar-refractivity contribution in [2.45, 2.75) is 26.4 Å². The summed E-state index contributed by atoms with van der Waals surface area (Å²) >= 11 is 0. The van der Waals surface area contributed by atoms with Gasteiger partial charge in [-0.1, -0.05) is 0 Å². The number of ether oxygens (including phenoxy) is 1. The highest BCUT2D eigenvalue weighted by Crippen LogP contribution is 2.21. The Hall–Kier alpha value is -1.88. The molecule has 0 saturated carbocycles. The van der Waals surface area contributed by atoms with E-state index in [1.165, 1.54) is 0 Å². The third-order valence-corrected chi connectivity index (χ3v) is 2.90. The van der Waals surface area contributed by atoms with Crippen LogP contribution in [0.1, 0.15) is 29.8 Å². The highest BCUT2D eigenvalue weighted by Gasteiger charge is 2.15. The maximum atomic E-state index is 11.1. The molecular formula is C14H20N2O3. The van der Waals surface area contributed by atoms with Gasteiger partial charge in [-0.2, -0.15) is 0 Å². The molecule has 1 aromatic carbocycles. The van der Waals surface area contributed by atoms with Crippen molar-refractivity contribution >= 4 is 12.2 Å². The molecule has 1 rings (SSSR count). The first-order valence-electron chi connectivity index (χ1n) is 6.12. The molecule has 0 fully saturated rings. The van der Waals surface area contributed by atoms with E-state index >= 15 is 0 Å². The van der Waals surface area contributed by atoms with Crippen LogP contribution in [0.15, 0.2) is 18.2 Å². The third-order valence-electron chi connectivity index (χ3n) is 2.90. The zero-order valence-electron chi connectivity index (χ0n) is 11.6. The molecule has 5 nitrogen and oxygen atoms in total. The van der Waals surface area contributed by atoms with Crippen LogP contribution in [-0.2, 0) is 11.3 Å². The van der Waals surface area contributed by atoms with Crippen LogP contribution in [0, 0.1) is 0 Å². The van der Waals surface area contributed by atoms with Crippen LogP contribution in [0.4, 0.5) is 0 Å². The van der Waals surface area contributed by atoms with Gasteiger partial charge >= 0.3 is 0 Å². The topological polar surface area (TPSA) is 72.6 Å². The van der Waals surface area contributed by atoms with Crippen LogP contribution < -0.4 is 10.5 Å². The number of carbonyl (C=O) groups is 2. The van der Waals surface area contributed by atoms with Crippen molar-refractivity contribution < 1.29 is 14.3 Å². The van der Waals surface area contributed by atoms with E-state index in [1.54, 1.807) is 25.3 Å². The van der Waals surface area contributed by atoms with Gasteiger partial charge in [0.2, 0.25) is 5.91 Å². The molecule has 1 amide bonds. The number of carbonyl (C=O) groups excluding carboxylic acids is 2. The number of nitrogens with two attached hydrogens (primary N) is 1. The van der Waals surface area contributed by atoms with Crippen LogP contribution in [0.5, 0.6) is 5.75 Å². The Labute approximate surface area is 113 Å². The molecule has 5 heteroatoms. The first-order chi connectivity index (χ1) is 8.97. The molecule has 0 atom stereocenters. The predicted molar refractivity (Wildman–Crippen MR) is 73.1 cm³/mol. The Bertz CT molecular complexity index is 458. The minimum absolute atomic E-state index is 0.164. The van der Waals surface area contributed by atoms with E-state index in [0.717, 1.165) is 11.8 Å². The highest BCUT2D eigenvalue weighted by atomic mass is 16.5. The van der Waals surface area contributed by atoms with Crippen molar-refractivity contribution in [1.29, 1.82) is 0 Å². The Kier molecular flexibility index (Phi) is 5.51. The number of aldehydes is 1. The van der Waals surface area contributed by atoms with Gasteiger partial charge in [0.1, 0.15) is 12.0 Å². The van der Waals surface area contributed by atoms with E-state index in [9.17, 15) is 9.59 Å². The second kappa shape index (κ2) is 6.89. The van der Waals surface area contributed by atoms with Gasteiger partial charge in [-0.15, -0.1) is 0 Å². The molecule has 1 aromatic rings. The lowest BCUT2D eigenvalue weighted by Gasteiger charge is -2.25. The quantitative estimate of drug-likeness (QED) is 0.751. The molecule has 0 unspecified atom stereocenters. The molecule has 0 bridgehead atoms. The molecule has 0 saturated heterocycles. The lowest BCUT2D eigenvalue weighted by Crippen LogP contribution is -2.38. The van der Waals surface area contributed by atoms with Gasteiger partial charge in [-0.3, -0.25) is 14.5 Å². The summed E-state index contributed by atoms with van der Waals surface area (Å²) < 4.78 is 5.27. The van der Waals surface area contributed by atoms with Crippen molar-refractivity contribution in [3.05, 3.63) is 29.3 Å². The molecule has 0 aromatic heterocycles. The monoisotopic (exact) mass is 264 g/mol. The van der Waals surface area contributed by atoms with Crippen molar-refractivity contribution in [3.63, 3.8) is 0 Å². The number of amides is 1. The molecule has 0 radical (unpaired) electrons. The molecule has 0 aliphatic heterocycles. The Morgan fingerprint density at radius 3 is 2.63 bits per heavy atom. The standard InChI is InChI=1S/C14H20N2O3/c1-10(2)16(8-14(15)18)7-12-6-11(9-17)4-5-13(12)19-3/h4-6,9-10H,7-8H2,1-3H3,(H2,15,18). The average Bonchev–Trinajstić information content (AvgIpc) is 2.37. The summed E-state index contributed by atoms with van der Waals surface area (Å²) in [6.45, 7) is 4.65. The molecular weight excluding hydrogens is 244 g/mol. The second-order valence-electron chi connectivity index (χ2n) is 4.65. The van der Waals surface area contributed by atoms with Gasteiger partial charge in [0.25, 0.3) is 0 Å². The van der Waals surface area contributed by atoms with Gasteiger partial charge in [-0.25, -0.2) is 0 Å². The van der Waals surface area contributed by atoms with Gasteiger partial charge < -0.3 is 10.5 Å². The molecule has 2 N–H and O–H groups in total. The Balaban J connectivity index is 2.99. The largest absolute Gasteiger partial charge is 0.496 e. The van der Waals surface area contributed by atoms with E-state index in [-0.39, 0.29) is 18.5 Å². The molecule has 0 aliphatic rings. The number of methoxy groups -OCH3 is 1. The maximum absolute atomic E-state index is 11.1. The van der Waals surface area contributed by atoms with Gasteiger partial charge in [0.15, 0.2) is 0 Å². The summed E-state index contributed by atoms with van der Waals surface area (Å²) in [6, 6.07) is 5.38. The van der Waals surface area contributed by atoms with Gasteiger partial charge in [-0.05, 0) is 32.0 Å². The summed E-state index contributed by atoms with van der Waals surface area (Å²) in [4.78, 5) is 23.8. The van der Waals surface area contributed by atoms with Crippen molar-refractivity contribution in [2.75, 3.05) is 13.7 Å². The number of hydrogen-bond donors (Lipinski definition) is 1. The second-order valence-corrected chi connectivity index (χ2v) is 4.65. The average molecular weight is 264 g/mol. The zero-order valence-corrected chi connectivity index (χ0v) is 11.6. The molecule has 0 spiro atoms. The van der Waals surface area contributed by atoms with Crippen LogP contribution in [0.25, 0.3) is 0 Å². The van der Waals surface area contributed by atoms with E-state index in [1.807, 2.05) is 18.7 Å². The third kappa shape index (κ3) is 4.37. The Morgan fingerprint density at radius 2 is 2.16 bits per heavy atom. The van der Waals surface area contributed by atoms with E-state index < -0.39 is 0 Å². The molecule has 19 heavy (non-hydrogen) atoms. The maximum Gasteiger partial charge on any atom is 0.231 e. The van der Waals surface area contributed by atoms with Crippen LogP contribution in [0.2, 0.25) is 0 Å². The number of nitrogens with zero attached hydrogens (tertiary/aromatic N) is 1. The first-order valence-corrected chi connectivity index (χ1v) is 6.12. The normalized spacial score (nSPS) is 10.8. The molecule has 0 heterocycles. The fraction of sp³-hybridized carbons (Fsp3) is 0.429. The summed E-state index contributed by atoms with van der Waals surface area (Å²) in [5, 5.41) is 0. The summed E-state index contributed by atoms with van der Waals surface area (Å²) in [5.74, 6) is 0.319. The van der Waals surface area contributed by atoms with Gasteiger partial charge in [0, 0.05) is 23.7 Å². The molecule has 0 aliphatic carbocycles. The van der Waals surface area contributed by atoms with Crippen molar-refractivity contribution in [1.82, 2.24) is 4.90 Å². The van der Waals surface area contributed by atoms with Crippen molar-refractivity contribution in [3.8, 4) is 5.75 Å². The number of rotatable bonds is 7. The minimum atomic E-state index is -0.376. The molecule has 104 valence electrons. The SMILES string of the molecule is COc1ccc(C=O)cc1CN(CC(N)=O)C(C)C. The fourth-order valence-electron chi connectivity index (χ4n) is 1.84. The van der Waals surface area contributed by atoms with E-state index in [2.05, 4.69) is 0 Å². The van der Waals surface area contributed by atoms with Crippen LogP contribution in [0.3, 0.4) is 0 Å². The minimum Gasteiger partial charge on any atom is -0.496 e. The number of hydrogen-bond acceptors (Lipinski definition) is 4. The van der Waals surface area contributed by atoms with Crippen molar-refractivity contribution in [2.24, 2.45) is 5.73 Å². The van der Waals surface area contributed by atoms with E-state index in [4.69, 9.17) is 10.5 Å².